The molecular weight excluding hydrogens is 348 g/mol. The van der Waals surface area contributed by atoms with Crippen LogP contribution in [0.2, 0.25) is 0 Å². The van der Waals surface area contributed by atoms with Crippen molar-refractivity contribution in [1.82, 2.24) is 19.9 Å². The summed E-state index contributed by atoms with van der Waals surface area (Å²) in [4.78, 5) is 22.4. The van der Waals surface area contributed by atoms with Crippen molar-refractivity contribution in [3.8, 4) is 11.1 Å². The van der Waals surface area contributed by atoms with E-state index in [1.165, 1.54) is 0 Å². The molecule has 4 aromatic rings. The topological polar surface area (TPSA) is 58.0 Å². The van der Waals surface area contributed by atoms with Crippen LogP contribution in [-0.4, -0.2) is 46.1 Å². The van der Waals surface area contributed by atoms with E-state index in [4.69, 9.17) is 4.98 Å². The smallest absolute Gasteiger partial charge is 0.225 e. The molecule has 1 aliphatic heterocycles. The second-order valence-corrected chi connectivity index (χ2v) is 6.81. The number of benzene rings is 1. The lowest BCUT2D eigenvalue weighted by molar-refractivity contribution is 0.635. The molecule has 4 heterocycles. The highest BCUT2D eigenvalue weighted by Crippen LogP contribution is 2.29. The van der Waals surface area contributed by atoms with E-state index in [0.717, 1.165) is 60.0 Å². The second-order valence-electron chi connectivity index (χ2n) is 6.81. The fourth-order valence-electron chi connectivity index (χ4n) is 3.67. The molecule has 0 bridgehead atoms. The third kappa shape index (κ3) is 3.13. The highest BCUT2D eigenvalue weighted by Gasteiger charge is 2.20. The molecule has 6 nitrogen and oxygen atoms in total. The quantitative estimate of drug-likeness (QED) is 0.552. The van der Waals surface area contributed by atoms with Gasteiger partial charge in [0, 0.05) is 61.9 Å². The molecule has 0 amide bonds. The van der Waals surface area contributed by atoms with Gasteiger partial charge in [-0.2, -0.15) is 0 Å². The molecule has 0 saturated carbocycles. The van der Waals surface area contributed by atoms with Crippen LogP contribution in [0.5, 0.6) is 0 Å². The summed E-state index contributed by atoms with van der Waals surface area (Å²) in [5, 5.41) is 1.15. The standard InChI is InChI=1S/C22H20N6/c1-3-18-5-6-20(26-21(18)19(4-1)17-7-11-23-12-8-17)27-13-15-28(16-14-27)22-24-9-2-10-25-22/h1-12H,13-16H2. The molecular formula is C22H20N6. The molecule has 0 unspecified atom stereocenters. The molecule has 3 aromatic heterocycles. The molecule has 1 aromatic carbocycles. The zero-order valence-electron chi connectivity index (χ0n) is 15.4. The Bertz CT molecular complexity index is 1080. The third-order valence-corrected chi connectivity index (χ3v) is 5.14. The largest absolute Gasteiger partial charge is 0.353 e. The van der Waals surface area contributed by atoms with E-state index in [0.29, 0.717) is 0 Å². The molecule has 6 heteroatoms. The molecule has 1 saturated heterocycles. The monoisotopic (exact) mass is 368 g/mol. The van der Waals surface area contributed by atoms with E-state index in [1.807, 2.05) is 30.6 Å². The Morgan fingerprint density at radius 3 is 2.21 bits per heavy atom. The van der Waals surface area contributed by atoms with E-state index in [2.05, 4.69) is 55.1 Å². The van der Waals surface area contributed by atoms with Crippen LogP contribution in [0.1, 0.15) is 0 Å². The van der Waals surface area contributed by atoms with Gasteiger partial charge in [-0.25, -0.2) is 15.0 Å². The number of para-hydroxylation sites is 1. The van der Waals surface area contributed by atoms with Crippen molar-refractivity contribution >= 4 is 22.7 Å². The Kier molecular flexibility index (Phi) is 4.29. The average Bonchev–Trinajstić information content (AvgIpc) is 2.79. The second kappa shape index (κ2) is 7.23. The molecule has 1 aliphatic rings. The maximum Gasteiger partial charge on any atom is 0.225 e. The number of hydrogen-bond acceptors (Lipinski definition) is 6. The van der Waals surface area contributed by atoms with Gasteiger partial charge in [0.1, 0.15) is 5.82 Å². The van der Waals surface area contributed by atoms with Crippen molar-refractivity contribution in [2.45, 2.75) is 0 Å². The Labute approximate surface area is 163 Å². The van der Waals surface area contributed by atoms with Gasteiger partial charge in [-0.05, 0) is 35.9 Å². The Hall–Kier alpha value is -3.54. The van der Waals surface area contributed by atoms with Crippen molar-refractivity contribution in [3.05, 3.63) is 73.3 Å². The zero-order valence-corrected chi connectivity index (χ0v) is 15.4. The molecule has 1 fully saturated rings. The van der Waals surface area contributed by atoms with Gasteiger partial charge in [-0.3, -0.25) is 4.98 Å². The SMILES string of the molecule is c1cnc(N2CCN(c3ccc4cccc(-c5ccncc5)c4n3)CC2)nc1. The summed E-state index contributed by atoms with van der Waals surface area (Å²) in [7, 11) is 0. The van der Waals surface area contributed by atoms with Crippen molar-refractivity contribution < 1.29 is 0 Å². The van der Waals surface area contributed by atoms with Crippen molar-refractivity contribution in [2.24, 2.45) is 0 Å². The van der Waals surface area contributed by atoms with Gasteiger partial charge in [0.05, 0.1) is 5.52 Å². The van der Waals surface area contributed by atoms with E-state index >= 15 is 0 Å². The minimum atomic E-state index is 0.800. The minimum Gasteiger partial charge on any atom is -0.353 e. The predicted molar refractivity (Wildman–Crippen MR) is 111 cm³/mol. The highest BCUT2D eigenvalue weighted by atomic mass is 15.3. The summed E-state index contributed by atoms with van der Waals surface area (Å²) < 4.78 is 0. The first-order chi connectivity index (χ1) is 13.9. The number of aromatic nitrogens is 4. The Balaban J connectivity index is 1.43. The molecule has 5 rings (SSSR count). The maximum absolute atomic E-state index is 5.03. The van der Waals surface area contributed by atoms with E-state index < -0.39 is 0 Å². The summed E-state index contributed by atoms with van der Waals surface area (Å²) in [6, 6.07) is 16.5. The number of fused-ring (bicyclic) bond motifs is 1. The summed E-state index contributed by atoms with van der Waals surface area (Å²) in [6.45, 7) is 3.56. The van der Waals surface area contributed by atoms with E-state index in [-0.39, 0.29) is 0 Å². The van der Waals surface area contributed by atoms with Crippen molar-refractivity contribution in [2.75, 3.05) is 36.0 Å². The molecule has 0 radical (unpaired) electrons. The average molecular weight is 368 g/mol. The van der Waals surface area contributed by atoms with Crippen LogP contribution in [0.4, 0.5) is 11.8 Å². The van der Waals surface area contributed by atoms with Gasteiger partial charge in [0.2, 0.25) is 5.95 Å². The maximum atomic E-state index is 5.03. The molecule has 0 N–H and O–H groups in total. The zero-order chi connectivity index (χ0) is 18.8. The van der Waals surface area contributed by atoms with Gasteiger partial charge >= 0.3 is 0 Å². The molecule has 0 spiro atoms. The number of rotatable bonds is 3. The number of hydrogen-bond donors (Lipinski definition) is 0. The van der Waals surface area contributed by atoms with Crippen LogP contribution in [-0.2, 0) is 0 Å². The highest BCUT2D eigenvalue weighted by molar-refractivity contribution is 5.94. The number of piperazine rings is 1. The minimum absolute atomic E-state index is 0.800. The van der Waals surface area contributed by atoms with Gasteiger partial charge in [-0.15, -0.1) is 0 Å². The summed E-state index contributed by atoms with van der Waals surface area (Å²) in [5.41, 5.74) is 3.30. The first kappa shape index (κ1) is 16.6. The number of pyridine rings is 2. The molecule has 28 heavy (non-hydrogen) atoms. The summed E-state index contributed by atoms with van der Waals surface area (Å²) in [5.74, 6) is 1.82. The van der Waals surface area contributed by atoms with E-state index in [1.54, 1.807) is 12.4 Å². The molecule has 0 aliphatic carbocycles. The van der Waals surface area contributed by atoms with Crippen LogP contribution in [0.25, 0.3) is 22.0 Å². The lowest BCUT2D eigenvalue weighted by Crippen LogP contribution is -2.47. The van der Waals surface area contributed by atoms with Gasteiger partial charge < -0.3 is 9.80 Å². The third-order valence-electron chi connectivity index (χ3n) is 5.14. The lowest BCUT2D eigenvalue weighted by atomic mass is 10.0. The van der Waals surface area contributed by atoms with Crippen LogP contribution >= 0.6 is 0 Å². The van der Waals surface area contributed by atoms with Crippen molar-refractivity contribution in [3.63, 3.8) is 0 Å². The van der Waals surface area contributed by atoms with E-state index in [9.17, 15) is 0 Å². The Morgan fingerprint density at radius 2 is 1.43 bits per heavy atom. The fraction of sp³-hybridized carbons (Fsp3) is 0.182. The normalized spacial score (nSPS) is 14.4. The van der Waals surface area contributed by atoms with Crippen LogP contribution < -0.4 is 9.80 Å². The summed E-state index contributed by atoms with van der Waals surface area (Å²) in [6.07, 6.45) is 7.23. The van der Waals surface area contributed by atoms with Crippen molar-refractivity contribution in [1.29, 1.82) is 0 Å². The van der Waals surface area contributed by atoms with Gasteiger partial charge in [0.25, 0.3) is 0 Å². The fourth-order valence-corrected chi connectivity index (χ4v) is 3.67. The number of anilines is 2. The number of nitrogens with zero attached hydrogens (tertiary/aromatic N) is 6. The predicted octanol–water partition coefficient (Wildman–Crippen LogP) is 3.41. The lowest BCUT2D eigenvalue weighted by Gasteiger charge is -2.35. The van der Waals surface area contributed by atoms with Gasteiger partial charge in [-0.1, -0.05) is 18.2 Å². The molecule has 0 atom stereocenters. The van der Waals surface area contributed by atoms with Crippen LogP contribution in [0.3, 0.4) is 0 Å². The summed E-state index contributed by atoms with van der Waals surface area (Å²) >= 11 is 0. The van der Waals surface area contributed by atoms with Crippen LogP contribution in [0, 0.1) is 0 Å². The van der Waals surface area contributed by atoms with Gasteiger partial charge in [0.15, 0.2) is 0 Å². The molecule has 138 valence electrons. The van der Waals surface area contributed by atoms with Crippen LogP contribution in [0.15, 0.2) is 73.3 Å². The Morgan fingerprint density at radius 1 is 0.679 bits per heavy atom. The first-order valence-electron chi connectivity index (χ1n) is 9.45. The first-order valence-corrected chi connectivity index (χ1v) is 9.45.